The predicted octanol–water partition coefficient (Wildman–Crippen LogP) is 0.961. The predicted molar refractivity (Wildman–Crippen MR) is 56.0 cm³/mol. The zero-order valence-corrected chi connectivity index (χ0v) is 9.51. The van der Waals surface area contributed by atoms with Crippen molar-refractivity contribution < 1.29 is 22.7 Å². The molecule has 10 nitrogen and oxygen atoms in total. The zero-order valence-electron chi connectivity index (χ0n) is 10.1. The van der Waals surface area contributed by atoms with E-state index in [0.717, 1.165) is 0 Å². The Morgan fingerprint density at radius 2 is 1.29 bits per heavy atom. The van der Waals surface area contributed by atoms with Gasteiger partial charge in [0, 0.05) is 0 Å². The van der Waals surface area contributed by atoms with Crippen LogP contribution in [0.4, 0.5) is 17.1 Å². The van der Waals surface area contributed by atoms with Gasteiger partial charge in [0.15, 0.2) is 0 Å². The van der Waals surface area contributed by atoms with Crippen molar-refractivity contribution in [3.8, 4) is 5.75 Å². The van der Waals surface area contributed by atoms with E-state index >= 15 is 0 Å². The molecule has 1 aromatic rings. The summed E-state index contributed by atoms with van der Waals surface area (Å²) >= 11 is 0. The van der Waals surface area contributed by atoms with Crippen LogP contribution in [0.15, 0.2) is 12.1 Å². The van der Waals surface area contributed by atoms with Gasteiger partial charge in [-0.25, -0.2) is 0 Å². The van der Waals surface area contributed by atoms with E-state index in [0.29, 0.717) is 12.1 Å². The number of phenolic OH excluding ortho intramolecular Hbond substituents is 1. The van der Waals surface area contributed by atoms with Crippen LogP contribution >= 0.6 is 0 Å². The van der Waals surface area contributed by atoms with Crippen molar-refractivity contribution in [3.63, 3.8) is 0 Å². The molecule has 17 heavy (non-hydrogen) atoms. The summed E-state index contributed by atoms with van der Waals surface area (Å²) < 4.78 is 0. The van der Waals surface area contributed by atoms with Crippen molar-refractivity contribution in [1.29, 1.82) is 0 Å². The molecule has 0 spiro atoms. The Balaban J connectivity index is -0.000000853. The normalized spacial score (nSPS) is 9.18. The van der Waals surface area contributed by atoms with Gasteiger partial charge in [-0.1, -0.05) is 0 Å². The first-order valence-electron chi connectivity index (χ1n) is 3.64. The van der Waals surface area contributed by atoms with E-state index < -0.39 is 37.6 Å². The number of nitro groups is 3. The second-order valence-electron chi connectivity index (χ2n) is 2.60. The number of hydrogen-bond acceptors (Lipinski definition) is 7. The average Bonchev–Trinajstić information content (AvgIpc) is 2.16. The monoisotopic (exact) mass is 255 g/mol. The summed E-state index contributed by atoms with van der Waals surface area (Å²) in [6, 6.07) is 0.894. The summed E-state index contributed by atoms with van der Waals surface area (Å²) in [5.74, 6) is -1.21. The van der Waals surface area contributed by atoms with E-state index in [2.05, 4.69) is 0 Å². The Hall–Kier alpha value is -2.01. The Morgan fingerprint density at radius 1 is 0.941 bits per heavy atom. The number of benzene rings is 1. The van der Waals surface area contributed by atoms with Crippen molar-refractivity contribution >= 4 is 40.1 Å². The molecule has 1 aromatic carbocycles. The van der Waals surface area contributed by atoms with E-state index in [1.807, 2.05) is 0 Å². The topological polar surface area (TPSA) is 150 Å². The molecule has 11 heteroatoms. The van der Waals surface area contributed by atoms with Gasteiger partial charge in [-0.15, -0.1) is 0 Å². The van der Waals surface area contributed by atoms with Gasteiger partial charge in [-0.05, 0) is 0 Å². The molecule has 0 fully saturated rings. The second-order valence-corrected chi connectivity index (χ2v) is 2.60. The summed E-state index contributed by atoms with van der Waals surface area (Å²) in [7, 11) is 0. The molecule has 0 aliphatic rings. The third kappa shape index (κ3) is 2.98. The SMILES string of the molecule is O=[N+]([O-])c1cc([N+](=O)[O-])c(O)c([N+](=O)[O-])c1.[H-].[H-].[Mg+2]. The van der Waals surface area contributed by atoms with Gasteiger partial charge in [0.25, 0.3) is 11.4 Å². The maximum atomic E-state index is 10.4. The third-order valence-corrected chi connectivity index (χ3v) is 1.66. The standard InChI is InChI=1S/C6H3N3O7.Mg.2H/c10-6-4(8(13)14)1-3(7(11)12)2-5(6)9(15)16;;;/h1-2,10H;;;/q;+2;2*-1. The molecule has 0 unspecified atom stereocenters. The van der Waals surface area contributed by atoms with Crippen LogP contribution in [0.2, 0.25) is 0 Å². The minimum Gasteiger partial charge on any atom is -1.00 e. The summed E-state index contributed by atoms with van der Waals surface area (Å²) in [6.07, 6.45) is 0. The number of nitrogens with zero attached hydrogens (tertiary/aromatic N) is 3. The molecule has 0 heterocycles. The maximum absolute atomic E-state index is 10.4. The fraction of sp³-hybridized carbons (Fsp3) is 0. The van der Waals surface area contributed by atoms with Gasteiger partial charge in [0.05, 0.1) is 26.9 Å². The Morgan fingerprint density at radius 3 is 1.53 bits per heavy atom. The van der Waals surface area contributed by atoms with Crippen LogP contribution < -0.4 is 0 Å². The molecule has 0 amide bonds. The molecule has 1 N–H and O–H groups in total. The van der Waals surface area contributed by atoms with Gasteiger partial charge < -0.3 is 7.96 Å². The van der Waals surface area contributed by atoms with Crippen LogP contribution in [0.1, 0.15) is 2.85 Å². The van der Waals surface area contributed by atoms with Crippen LogP contribution in [-0.4, -0.2) is 42.9 Å². The summed E-state index contributed by atoms with van der Waals surface area (Å²) in [5, 5.41) is 40.2. The molecule has 0 aromatic heterocycles. The van der Waals surface area contributed by atoms with Gasteiger partial charge in [0.1, 0.15) is 0 Å². The minimum atomic E-state index is -1.21. The number of phenols is 1. The molecule has 0 saturated carbocycles. The quantitative estimate of drug-likeness (QED) is 0.480. The third-order valence-electron chi connectivity index (χ3n) is 1.66. The van der Waals surface area contributed by atoms with Crippen LogP contribution in [0, 0.1) is 30.3 Å². The van der Waals surface area contributed by atoms with E-state index in [-0.39, 0.29) is 25.9 Å². The fourth-order valence-corrected chi connectivity index (χ4v) is 0.974. The maximum Gasteiger partial charge on any atom is 2.00 e. The van der Waals surface area contributed by atoms with Crippen molar-refractivity contribution in [1.82, 2.24) is 0 Å². The average molecular weight is 255 g/mol. The van der Waals surface area contributed by atoms with Gasteiger partial charge in [0.2, 0.25) is 0 Å². The smallest absolute Gasteiger partial charge is 1.00 e. The van der Waals surface area contributed by atoms with Gasteiger partial charge >= 0.3 is 34.4 Å². The van der Waals surface area contributed by atoms with E-state index in [1.165, 1.54) is 0 Å². The van der Waals surface area contributed by atoms with E-state index in [9.17, 15) is 30.3 Å². The molecule has 0 atom stereocenters. The van der Waals surface area contributed by atoms with Crippen LogP contribution in [0.3, 0.4) is 0 Å². The molecular weight excluding hydrogens is 250 g/mol. The van der Waals surface area contributed by atoms with Gasteiger partial charge in [-0.3, -0.25) is 30.3 Å². The summed E-state index contributed by atoms with van der Waals surface area (Å²) in [4.78, 5) is 27.8. The largest absolute Gasteiger partial charge is 2.00 e. The molecule has 0 aliphatic heterocycles. The number of nitro benzene ring substituents is 3. The Kier molecular flexibility index (Phi) is 4.72. The van der Waals surface area contributed by atoms with Crippen molar-refractivity contribution in [2.45, 2.75) is 0 Å². The number of hydrogen-bond donors (Lipinski definition) is 1. The fourth-order valence-electron chi connectivity index (χ4n) is 0.974. The first kappa shape index (κ1) is 15.0. The van der Waals surface area contributed by atoms with Gasteiger partial charge in [-0.2, -0.15) is 0 Å². The van der Waals surface area contributed by atoms with Crippen molar-refractivity contribution in [2.75, 3.05) is 0 Å². The number of aromatic hydroxyl groups is 1. The van der Waals surface area contributed by atoms with Crippen LogP contribution in [0.5, 0.6) is 5.75 Å². The van der Waals surface area contributed by atoms with E-state index in [4.69, 9.17) is 5.11 Å². The molecule has 0 bridgehead atoms. The minimum absolute atomic E-state index is 0. The zero-order chi connectivity index (χ0) is 12.5. The molecule has 0 aliphatic carbocycles. The summed E-state index contributed by atoms with van der Waals surface area (Å²) in [5.41, 5.74) is -3.00. The first-order valence-corrected chi connectivity index (χ1v) is 3.64. The Labute approximate surface area is 111 Å². The molecule has 88 valence electrons. The molecular formula is C6H5MgN3O7. The molecule has 0 radical (unpaired) electrons. The van der Waals surface area contributed by atoms with Crippen molar-refractivity contribution in [2.24, 2.45) is 0 Å². The number of rotatable bonds is 3. The van der Waals surface area contributed by atoms with Crippen molar-refractivity contribution in [3.05, 3.63) is 42.5 Å². The number of non-ortho nitro benzene ring substituents is 1. The molecule has 1 rings (SSSR count). The van der Waals surface area contributed by atoms with E-state index in [1.54, 1.807) is 0 Å². The Bertz CT molecular complexity index is 477. The second kappa shape index (κ2) is 5.36. The molecule has 0 saturated heterocycles. The van der Waals surface area contributed by atoms with Crippen LogP contribution in [0.25, 0.3) is 0 Å². The summed E-state index contributed by atoms with van der Waals surface area (Å²) in [6.45, 7) is 0. The first-order chi connectivity index (χ1) is 7.34. The van der Waals surface area contributed by atoms with Crippen LogP contribution in [-0.2, 0) is 0 Å².